The Balaban J connectivity index is 1.59. The van der Waals surface area contributed by atoms with Crippen LogP contribution < -0.4 is 0 Å². The van der Waals surface area contributed by atoms with Crippen LogP contribution in [0.1, 0.15) is 31.2 Å². The van der Waals surface area contributed by atoms with Crippen molar-refractivity contribution in [2.75, 3.05) is 26.2 Å². The molecule has 1 N–H and O–H groups in total. The summed E-state index contributed by atoms with van der Waals surface area (Å²) < 4.78 is 0. The molecule has 3 rings (SSSR count). The van der Waals surface area contributed by atoms with E-state index < -0.39 is 0 Å². The second-order valence-corrected chi connectivity index (χ2v) is 7.18. The van der Waals surface area contributed by atoms with Crippen LogP contribution in [0.2, 0.25) is 0 Å². The number of rotatable bonds is 6. The fraction of sp³-hybridized carbons (Fsp3) is 0.733. The van der Waals surface area contributed by atoms with Gasteiger partial charge in [-0.3, -0.25) is 19.9 Å². The van der Waals surface area contributed by atoms with Gasteiger partial charge in [-0.1, -0.05) is 11.3 Å². The summed E-state index contributed by atoms with van der Waals surface area (Å²) in [6, 6.07) is 2.53. The van der Waals surface area contributed by atoms with Crippen LogP contribution in [0.15, 0.2) is 11.4 Å². The van der Waals surface area contributed by atoms with Gasteiger partial charge in [-0.2, -0.15) is 0 Å². The van der Waals surface area contributed by atoms with Gasteiger partial charge in [0, 0.05) is 36.6 Å². The average Bonchev–Trinajstić information content (AvgIpc) is 3.21. The molecule has 2 unspecified atom stereocenters. The second kappa shape index (κ2) is 7.04. The standard InChI is InChI=1S/C15H23N3O3S/c19-10-14-4-2-6-17(14)9-13-3-1-5-16(13)8-12-7-15(18(20)21)22-11-12/h7,11,13-14,19H,1-6,8-10H2. The fourth-order valence-corrected chi connectivity index (χ4v) is 4.42. The van der Waals surface area contributed by atoms with Crippen LogP contribution in [0, 0.1) is 10.1 Å². The molecule has 0 aliphatic carbocycles. The third kappa shape index (κ3) is 3.48. The van der Waals surface area contributed by atoms with E-state index in [1.54, 1.807) is 6.07 Å². The van der Waals surface area contributed by atoms with E-state index in [-0.39, 0.29) is 16.5 Å². The van der Waals surface area contributed by atoms with Crippen molar-refractivity contribution in [1.29, 1.82) is 0 Å². The molecule has 1 aromatic heterocycles. The first kappa shape index (κ1) is 15.9. The molecule has 0 radical (unpaired) electrons. The lowest BCUT2D eigenvalue weighted by molar-refractivity contribution is -0.380. The summed E-state index contributed by atoms with van der Waals surface area (Å²) in [5.41, 5.74) is 1.05. The predicted octanol–water partition coefficient (Wildman–Crippen LogP) is 2.08. The summed E-state index contributed by atoms with van der Waals surface area (Å²) in [4.78, 5) is 15.3. The third-order valence-electron chi connectivity index (χ3n) is 4.86. The summed E-state index contributed by atoms with van der Waals surface area (Å²) in [5, 5.41) is 22.4. The number of nitro groups is 1. The monoisotopic (exact) mass is 325 g/mol. The molecule has 122 valence electrons. The van der Waals surface area contributed by atoms with Gasteiger partial charge >= 0.3 is 5.00 Å². The Bertz CT molecular complexity index is 522. The lowest BCUT2D eigenvalue weighted by Gasteiger charge is -2.31. The van der Waals surface area contributed by atoms with E-state index in [0.29, 0.717) is 12.1 Å². The minimum atomic E-state index is -0.314. The van der Waals surface area contributed by atoms with Crippen molar-refractivity contribution in [2.45, 2.75) is 44.3 Å². The Labute approximate surface area is 134 Å². The van der Waals surface area contributed by atoms with Crippen LogP contribution in [0.25, 0.3) is 0 Å². The molecule has 0 saturated carbocycles. The largest absolute Gasteiger partial charge is 0.395 e. The summed E-state index contributed by atoms with van der Waals surface area (Å²) in [5.74, 6) is 0. The van der Waals surface area contributed by atoms with E-state index >= 15 is 0 Å². The molecule has 6 nitrogen and oxygen atoms in total. The molecule has 2 atom stereocenters. The van der Waals surface area contributed by atoms with Gasteiger partial charge in [0.25, 0.3) is 0 Å². The predicted molar refractivity (Wildman–Crippen MR) is 86.1 cm³/mol. The first-order valence-corrected chi connectivity index (χ1v) is 8.86. The second-order valence-electron chi connectivity index (χ2n) is 6.29. The number of nitrogens with zero attached hydrogens (tertiary/aromatic N) is 3. The van der Waals surface area contributed by atoms with Crippen LogP contribution in [-0.4, -0.2) is 58.2 Å². The molecule has 0 bridgehead atoms. The highest BCUT2D eigenvalue weighted by molar-refractivity contribution is 7.13. The van der Waals surface area contributed by atoms with Gasteiger partial charge in [-0.05, 0) is 44.3 Å². The minimum absolute atomic E-state index is 0.227. The maximum absolute atomic E-state index is 10.8. The molecule has 2 fully saturated rings. The Hall–Kier alpha value is -1.02. The molecule has 2 saturated heterocycles. The van der Waals surface area contributed by atoms with Crippen LogP contribution in [0.5, 0.6) is 0 Å². The molecular weight excluding hydrogens is 302 g/mol. The van der Waals surface area contributed by atoms with Crippen molar-refractivity contribution in [3.63, 3.8) is 0 Å². The Kier molecular flexibility index (Phi) is 5.07. The highest BCUT2D eigenvalue weighted by Gasteiger charge is 2.31. The normalized spacial score (nSPS) is 26.8. The van der Waals surface area contributed by atoms with Crippen LogP contribution in [0.4, 0.5) is 5.00 Å². The molecular formula is C15H23N3O3S. The molecule has 2 aliphatic rings. The zero-order chi connectivity index (χ0) is 15.5. The number of likely N-dealkylation sites (tertiary alicyclic amines) is 2. The molecule has 2 aliphatic heterocycles. The number of thiophene rings is 1. The quantitative estimate of drug-likeness (QED) is 0.640. The first-order chi connectivity index (χ1) is 10.7. The van der Waals surface area contributed by atoms with Gasteiger partial charge in [-0.15, -0.1) is 0 Å². The van der Waals surface area contributed by atoms with Gasteiger partial charge in [0.1, 0.15) is 0 Å². The fourth-order valence-electron chi connectivity index (χ4n) is 3.70. The van der Waals surface area contributed by atoms with Gasteiger partial charge in [0.2, 0.25) is 0 Å². The molecule has 7 heteroatoms. The summed E-state index contributed by atoms with van der Waals surface area (Å²) in [6.45, 7) is 4.21. The van der Waals surface area contributed by atoms with Crippen molar-refractivity contribution in [2.24, 2.45) is 0 Å². The molecule has 0 aromatic carbocycles. The maximum Gasteiger partial charge on any atom is 0.324 e. The highest BCUT2D eigenvalue weighted by atomic mass is 32.1. The van der Waals surface area contributed by atoms with E-state index in [9.17, 15) is 15.2 Å². The Morgan fingerprint density at radius 3 is 2.68 bits per heavy atom. The minimum Gasteiger partial charge on any atom is -0.395 e. The zero-order valence-electron chi connectivity index (χ0n) is 12.7. The molecule has 0 spiro atoms. The summed E-state index contributed by atoms with van der Waals surface area (Å²) in [6.07, 6.45) is 4.64. The smallest absolute Gasteiger partial charge is 0.324 e. The summed E-state index contributed by atoms with van der Waals surface area (Å²) >= 11 is 1.21. The number of hydrogen-bond donors (Lipinski definition) is 1. The Morgan fingerprint density at radius 1 is 1.27 bits per heavy atom. The first-order valence-electron chi connectivity index (χ1n) is 7.98. The van der Waals surface area contributed by atoms with Gasteiger partial charge in [-0.25, -0.2) is 0 Å². The molecule has 22 heavy (non-hydrogen) atoms. The van der Waals surface area contributed by atoms with Gasteiger partial charge in [0.05, 0.1) is 11.5 Å². The van der Waals surface area contributed by atoms with Crippen molar-refractivity contribution >= 4 is 16.3 Å². The van der Waals surface area contributed by atoms with Crippen LogP contribution >= 0.6 is 11.3 Å². The molecule has 0 amide bonds. The van der Waals surface area contributed by atoms with E-state index in [0.717, 1.165) is 38.2 Å². The van der Waals surface area contributed by atoms with Gasteiger partial charge in [0.15, 0.2) is 0 Å². The van der Waals surface area contributed by atoms with Crippen molar-refractivity contribution < 1.29 is 10.0 Å². The van der Waals surface area contributed by atoms with Crippen molar-refractivity contribution in [3.8, 4) is 0 Å². The van der Waals surface area contributed by atoms with Gasteiger partial charge < -0.3 is 5.11 Å². The van der Waals surface area contributed by atoms with Crippen molar-refractivity contribution in [3.05, 3.63) is 27.1 Å². The van der Waals surface area contributed by atoms with E-state index in [1.165, 1.54) is 30.6 Å². The van der Waals surface area contributed by atoms with Crippen molar-refractivity contribution in [1.82, 2.24) is 9.80 Å². The lowest BCUT2D eigenvalue weighted by atomic mass is 10.1. The number of aliphatic hydroxyl groups excluding tert-OH is 1. The topological polar surface area (TPSA) is 69.9 Å². The van der Waals surface area contributed by atoms with Crippen LogP contribution in [-0.2, 0) is 6.54 Å². The SMILES string of the molecule is O=[N+]([O-])c1cc(CN2CCCC2CN2CCCC2CO)cs1. The average molecular weight is 325 g/mol. The maximum atomic E-state index is 10.8. The van der Waals surface area contributed by atoms with E-state index in [2.05, 4.69) is 9.80 Å². The lowest BCUT2D eigenvalue weighted by Crippen LogP contribution is -2.43. The Morgan fingerprint density at radius 2 is 2.00 bits per heavy atom. The number of hydrogen-bond acceptors (Lipinski definition) is 6. The zero-order valence-corrected chi connectivity index (χ0v) is 13.5. The van der Waals surface area contributed by atoms with E-state index in [1.807, 2.05) is 5.38 Å². The molecule has 1 aromatic rings. The van der Waals surface area contributed by atoms with Crippen LogP contribution in [0.3, 0.4) is 0 Å². The molecule has 3 heterocycles. The number of aliphatic hydroxyl groups is 1. The third-order valence-corrected chi connectivity index (χ3v) is 5.79. The van der Waals surface area contributed by atoms with E-state index in [4.69, 9.17) is 0 Å². The summed E-state index contributed by atoms with van der Waals surface area (Å²) in [7, 11) is 0. The highest BCUT2D eigenvalue weighted by Crippen LogP contribution is 2.28.